The first kappa shape index (κ1) is 13.0. The zero-order valence-corrected chi connectivity index (χ0v) is 10.9. The zero-order chi connectivity index (χ0) is 13.3. The van der Waals surface area contributed by atoms with Crippen molar-refractivity contribution in [1.82, 2.24) is 0 Å². The first-order chi connectivity index (χ1) is 8.63. The van der Waals surface area contributed by atoms with Crippen molar-refractivity contribution in [3.63, 3.8) is 0 Å². The van der Waals surface area contributed by atoms with Gasteiger partial charge in [-0.2, -0.15) is 0 Å². The molecule has 5 heteroatoms. The van der Waals surface area contributed by atoms with E-state index < -0.39 is 5.82 Å². The van der Waals surface area contributed by atoms with Crippen LogP contribution >= 0.6 is 0 Å². The normalized spacial score (nSPS) is 16.3. The van der Waals surface area contributed by atoms with E-state index in [1.165, 1.54) is 27.4 Å². The van der Waals surface area contributed by atoms with Crippen LogP contribution in [0, 0.1) is 5.82 Å². The van der Waals surface area contributed by atoms with E-state index in [4.69, 9.17) is 19.9 Å². The summed E-state index contributed by atoms with van der Waals surface area (Å²) in [6.07, 6.45) is 1.81. The third-order valence-electron chi connectivity index (χ3n) is 3.56. The third kappa shape index (κ3) is 1.79. The van der Waals surface area contributed by atoms with Gasteiger partial charge in [0.25, 0.3) is 0 Å². The lowest BCUT2D eigenvalue weighted by atomic mass is 9.93. The molecule has 2 N–H and O–H groups in total. The zero-order valence-electron chi connectivity index (χ0n) is 10.9. The highest BCUT2D eigenvalue weighted by Crippen LogP contribution is 2.56. The van der Waals surface area contributed by atoms with Crippen LogP contribution in [0.4, 0.5) is 4.39 Å². The number of benzene rings is 1. The van der Waals surface area contributed by atoms with Gasteiger partial charge in [-0.05, 0) is 12.8 Å². The molecular formula is C13H18FNO3. The smallest absolute Gasteiger partial charge is 0.169 e. The summed E-state index contributed by atoms with van der Waals surface area (Å²) < 4.78 is 29.7. The van der Waals surface area contributed by atoms with E-state index in [9.17, 15) is 4.39 Å². The van der Waals surface area contributed by atoms with Crippen LogP contribution in [0.3, 0.4) is 0 Å². The van der Waals surface area contributed by atoms with E-state index in [1.54, 1.807) is 0 Å². The Labute approximate surface area is 106 Å². The molecule has 1 aromatic rings. The van der Waals surface area contributed by atoms with Crippen molar-refractivity contribution in [3.8, 4) is 17.2 Å². The van der Waals surface area contributed by atoms with E-state index in [0.717, 1.165) is 12.8 Å². The van der Waals surface area contributed by atoms with Gasteiger partial charge in [-0.25, -0.2) is 4.39 Å². The molecule has 4 nitrogen and oxygen atoms in total. The molecule has 0 aliphatic heterocycles. The summed E-state index contributed by atoms with van der Waals surface area (Å²) in [6.45, 7) is 0.437. The van der Waals surface area contributed by atoms with E-state index in [0.29, 0.717) is 23.6 Å². The predicted octanol–water partition coefficient (Wildman–Crippen LogP) is 1.84. The summed E-state index contributed by atoms with van der Waals surface area (Å²) in [5.41, 5.74) is 6.26. The maximum Gasteiger partial charge on any atom is 0.169 e. The Bertz CT molecular complexity index is 458. The number of halogens is 1. The molecule has 0 atom stereocenters. The van der Waals surface area contributed by atoms with Gasteiger partial charge in [0.2, 0.25) is 0 Å². The van der Waals surface area contributed by atoms with Gasteiger partial charge in [-0.1, -0.05) is 0 Å². The Balaban J connectivity index is 2.69. The maximum absolute atomic E-state index is 14.0. The molecule has 0 unspecified atom stereocenters. The lowest BCUT2D eigenvalue weighted by Crippen LogP contribution is -2.22. The highest BCUT2D eigenvalue weighted by atomic mass is 19.1. The van der Waals surface area contributed by atoms with Crippen molar-refractivity contribution >= 4 is 0 Å². The molecular weight excluding hydrogens is 237 g/mol. The van der Waals surface area contributed by atoms with Crippen LogP contribution < -0.4 is 19.9 Å². The number of methoxy groups -OCH3 is 3. The second-order valence-electron chi connectivity index (χ2n) is 4.49. The molecule has 0 saturated heterocycles. The van der Waals surface area contributed by atoms with Gasteiger partial charge in [0.05, 0.1) is 26.9 Å². The largest absolute Gasteiger partial charge is 0.493 e. The Hall–Kier alpha value is -1.49. The fraction of sp³-hybridized carbons (Fsp3) is 0.538. The number of rotatable bonds is 5. The van der Waals surface area contributed by atoms with Gasteiger partial charge >= 0.3 is 0 Å². The highest BCUT2D eigenvalue weighted by molar-refractivity contribution is 5.60. The number of ether oxygens (including phenoxy) is 3. The van der Waals surface area contributed by atoms with E-state index in [-0.39, 0.29) is 11.2 Å². The van der Waals surface area contributed by atoms with Crippen LogP contribution in [-0.2, 0) is 5.41 Å². The van der Waals surface area contributed by atoms with Crippen LogP contribution in [0.1, 0.15) is 18.4 Å². The third-order valence-corrected chi connectivity index (χ3v) is 3.56. The second kappa shape index (κ2) is 4.65. The lowest BCUT2D eigenvalue weighted by molar-refractivity contribution is 0.327. The average molecular weight is 255 g/mol. The van der Waals surface area contributed by atoms with Crippen molar-refractivity contribution in [1.29, 1.82) is 0 Å². The standard InChI is InChI=1S/C13H18FNO3/c1-16-9-6-8(14)11(17-2)10(12(9)18-3)13(7-15)4-5-13/h6H,4-5,7,15H2,1-3H3. The summed E-state index contributed by atoms with van der Waals surface area (Å²) in [7, 11) is 4.46. The van der Waals surface area contributed by atoms with Crippen LogP contribution in [0.15, 0.2) is 6.07 Å². The monoisotopic (exact) mass is 255 g/mol. The second-order valence-corrected chi connectivity index (χ2v) is 4.49. The van der Waals surface area contributed by atoms with Crippen molar-refractivity contribution in [2.24, 2.45) is 5.73 Å². The topological polar surface area (TPSA) is 53.7 Å². The molecule has 1 aliphatic carbocycles. The summed E-state index contributed by atoms with van der Waals surface area (Å²) in [5, 5.41) is 0. The summed E-state index contributed by atoms with van der Waals surface area (Å²) in [4.78, 5) is 0. The van der Waals surface area contributed by atoms with Crippen LogP contribution in [0.2, 0.25) is 0 Å². The Kier molecular flexibility index (Phi) is 3.34. The number of hydrogen-bond acceptors (Lipinski definition) is 4. The number of nitrogens with two attached hydrogens (primary N) is 1. The Morgan fingerprint density at radius 2 is 1.78 bits per heavy atom. The van der Waals surface area contributed by atoms with Crippen LogP contribution in [-0.4, -0.2) is 27.9 Å². The molecule has 1 aliphatic rings. The van der Waals surface area contributed by atoms with Gasteiger partial charge in [0.1, 0.15) is 0 Å². The molecule has 1 saturated carbocycles. The SMILES string of the molecule is COc1cc(F)c(OC)c(C2(CN)CC2)c1OC. The highest BCUT2D eigenvalue weighted by Gasteiger charge is 2.48. The fourth-order valence-electron chi connectivity index (χ4n) is 2.33. The molecule has 100 valence electrons. The van der Waals surface area contributed by atoms with Gasteiger partial charge in [0, 0.05) is 18.0 Å². The minimum absolute atomic E-state index is 0.204. The molecule has 0 spiro atoms. The summed E-state index contributed by atoms with van der Waals surface area (Å²) in [5.74, 6) is 0.629. The molecule has 1 aromatic carbocycles. The number of hydrogen-bond donors (Lipinski definition) is 1. The molecule has 0 bridgehead atoms. The van der Waals surface area contributed by atoms with Crippen molar-refractivity contribution in [2.75, 3.05) is 27.9 Å². The minimum atomic E-state index is -0.454. The van der Waals surface area contributed by atoms with Crippen LogP contribution in [0.5, 0.6) is 17.2 Å². The molecule has 2 rings (SSSR count). The van der Waals surface area contributed by atoms with Gasteiger partial charge < -0.3 is 19.9 Å². The molecule has 0 amide bonds. The molecule has 0 heterocycles. The first-order valence-electron chi connectivity index (χ1n) is 5.82. The maximum atomic E-state index is 14.0. The van der Waals surface area contributed by atoms with E-state index in [1.807, 2.05) is 0 Å². The van der Waals surface area contributed by atoms with Gasteiger partial charge in [-0.15, -0.1) is 0 Å². The average Bonchev–Trinajstić information content (AvgIpc) is 3.18. The predicted molar refractivity (Wildman–Crippen MR) is 66.0 cm³/mol. The molecule has 1 fully saturated rings. The fourth-order valence-corrected chi connectivity index (χ4v) is 2.33. The Morgan fingerprint density at radius 1 is 1.17 bits per heavy atom. The van der Waals surface area contributed by atoms with Crippen LogP contribution in [0.25, 0.3) is 0 Å². The van der Waals surface area contributed by atoms with Crippen molar-refractivity contribution < 1.29 is 18.6 Å². The lowest BCUT2D eigenvalue weighted by Gasteiger charge is -2.22. The molecule has 0 radical (unpaired) electrons. The minimum Gasteiger partial charge on any atom is -0.493 e. The van der Waals surface area contributed by atoms with E-state index in [2.05, 4.69) is 0 Å². The Morgan fingerprint density at radius 3 is 2.17 bits per heavy atom. The van der Waals surface area contributed by atoms with Crippen molar-refractivity contribution in [2.45, 2.75) is 18.3 Å². The summed E-state index contributed by atoms with van der Waals surface area (Å²) >= 11 is 0. The van der Waals surface area contributed by atoms with Gasteiger partial charge in [0.15, 0.2) is 23.1 Å². The quantitative estimate of drug-likeness (QED) is 0.872. The first-order valence-corrected chi connectivity index (χ1v) is 5.82. The van der Waals surface area contributed by atoms with E-state index >= 15 is 0 Å². The molecule has 18 heavy (non-hydrogen) atoms. The van der Waals surface area contributed by atoms with Gasteiger partial charge in [-0.3, -0.25) is 0 Å². The summed E-state index contributed by atoms with van der Waals surface area (Å²) in [6, 6.07) is 1.27. The van der Waals surface area contributed by atoms with Crippen molar-refractivity contribution in [3.05, 3.63) is 17.4 Å². The molecule has 0 aromatic heterocycles.